The Morgan fingerprint density at radius 2 is 1.95 bits per heavy atom. The highest BCUT2D eigenvalue weighted by atomic mass is 35.5. The van der Waals surface area contributed by atoms with Crippen LogP contribution in [0.4, 0.5) is 10.2 Å². The number of nitrogens with zero attached hydrogens (tertiary/aromatic N) is 4. The summed E-state index contributed by atoms with van der Waals surface area (Å²) >= 11 is 7.79. The van der Waals surface area contributed by atoms with E-state index < -0.39 is 5.82 Å². The van der Waals surface area contributed by atoms with Crippen LogP contribution in [0.1, 0.15) is 19.4 Å². The van der Waals surface area contributed by atoms with Gasteiger partial charge in [-0.2, -0.15) is 4.98 Å². The van der Waals surface area contributed by atoms with Gasteiger partial charge in [-0.25, -0.2) is 9.18 Å². The Balaban J connectivity index is 1.74. The fourth-order valence-corrected chi connectivity index (χ4v) is 7.25. The first kappa shape index (κ1) is 26.7. The number of thioether (sulfide) groups is 1. The number of methoxy groups -OCH3 is 1. The summed E-state index contributed by atoms with van der Waals surface area (Å²) in [7, 11) is 1.64. The highest BCUT2D eigenvalue weighted by molar-refractivity contribution is 7.99. The Labute approximate surface area is 230 Å². The number of ether oxygens (including phenoxy) is 1. The van der Waals surface area contributed by atoms with Gasteiger partial charge in [-0.1, -0.05) is 24.2 Å². The first-order valence-electron chi connectivity index (χ1n) is 12.5. The topological polar surface area (TPSA) is 67.7 Å². The third-order valence-corrected chi connectivity index (χ3v) is 8.90. The van der Waals surface area contributed by atoms with E-state index in [0.717, 1.165) is 32.5 Å². The van der Waals surface area contributed by atoms with Crippen molar-refractivity contribution in [3.8, 4) is 11.1 Å². The minimum atomic E-state index is -0.479. The second kappa shape index (κ2) is 10.4. The van der Waals surface area contributed by atoms with Gasteiger partial charge in [0.25, 0.3) is 0 Å². The SMILES string of the molecule is C=CC(=O)N1[C@H](C)CN(c2nc(=O)n3c4c(c(-c5ccc(F)c(Cl)c5)c(C)cc24)SC[C@@H](OC)C3)C[C@@H]1C. The number of piperazine rings is 1. The first-order chi connectivity index (χ1) is 18.1. The van der Waals surface area contributed by atoms with Crippen LogP contribution in [-0.2, 0) is 16.1 Å². The van der Waals surface area contributed by atoms with E-state index in [0.29, 0.717) is 31.2 Å². The maximum atomic E-state index is 14.0. The molecule has 3 aromatic rings. The van der Waals surface area contributed by atoms with Crippen LogP contribution < -0.4 is 10.6 Å². The maximum Gasteiger partial charge on any atom is 0.350 e. The summed E-state index contributed by atoms with van der Waals surface area (Å²) in [6.45, 7) is 11.1. The maximum absolute atomic E-state index is 14.0. The van der Waals surface area contributed by atoms with Crippen molar-refractivity contribution >= 4 is 46.0 Å². The molecule has 1 aromatic heterocycles. The molecule has 1 amide bonds. The highest BCUT2D eigenvalue weighted by Gasteiger charge is 2.34. The van der Waals surface area contributed by atoms with Gasteiger partial charge in [-0.05, 0) is 56.2 Å². The molecule has 200 valence electrons. The second-order valence-electron chi connectivity index (χ2n) is 9.97. The Morgan fingerprint density at radius 3 is 2.58 bits per heavy atom. The van der Waals surface area contributed by atoms with Crippen molar-refractivity contribution < 1.29 is 13.9 Å². The molecule has 38 heavy (non-hydrogen) atoms. The Bertz CT molecular complexity index is 1500. The number of hydrogen-bond donors (Lipinski definition) is 0. The molecule has 2 aromatic carbocycles. The van der Waals surface area contributed by atoms with E-state index in [4.69, 9.17) is 16.3 Å². The molecule has 10 heteroatoms. The second-order valence-corrected chi connectivity index (χ2v) is 11.4. The molecule has 2 aliphatic rings. The molecule has 0 spiro atoms. The van der Waals surface area contributed by atoms with E-state index >= 15 is 0 Å². The summed E-state index contributed by atoms with van der Waals surface area (Å²) in [4.78, 5) is 35.5. The van der Waals surface area contributed by atoms with Gasteiger partial charge in [0.15, 0.2) is 0 Å². The smallest absolute Gasteiger partial charge is 0.350 e. The number of carbonyl (C=O) groups is 1. The van der Waals surface area contributed by atoms with Crippen molar-refractivity contribution in [2.45, 2.75) is 50.4 Å². The number of hydrogen-bond acceptors (Lipinski definition) is 6. The summed E-state index contributed by atoms with van der Waals surface area (Å²) in [6.07, 6.45) is 1.16. The number of aromatic nitrogens is 2. The van der Waals surface area contributed by atoms with E-state index in [9.17, 15) is 14.0 Å². The fourth-order valence-electron chi connectivity index (χ4n) is 5.69. The van der Waals surface area contributed by atoms with Crippen molar-refractivity contribution in [1.82, 2.24) is 14.5 Å². The Kier molecular flexibility index (Phi) is 7.28. The average Bonchev–Trinajstić information content (AvgIpc) is 3.08. The predicted molar refractivity (Wildman–Crippen MR) is 151 cm³/mol. The summed E-state index contributed by atoms with van der Waals surface area (Å²) in [6, 6.07) is 6.58. The van der Waals surface area contributed by atoms with Crippen LogP contribution >= 0.6 is 23.4 Å². The molecule has 0 unspecified atom stereocenters. The van der Waals surface area contributed by atoms with E-state index in [-0.39, 0.29) is 34.8 Å². The van der Waals surface area contributed by atoms with Crippen molar-refractivity contribution in [2.24, 2.45) is 0 Å². The minimum Gasteiger partial charge on any atom is -0.379 e. The van der Waals surface area contributed by atoms with Crippen LogP contribution in [-0.4, -0.2) is 64.5 Å². The summed E-state index contributed by atoms with van der Waals surface area (Å²) < 4.78 is 21.4. The third-order valence-electron chi connectivity index (χ3n) is 7.38. The van der Waals surface area contributed by atoms with E-state index in [1.807, 2.05) is 31.7 Å². The van der Waals surface area contributed by atoms with Crippen molar-refractivity contribution in [3.63, 3.8) is 0 Å². The van der Waals surface area contributed by atoms with Crippen molar-refractivity contribution in [2.75, 3.05) is 30.9 Å². The number of carbonyl (C=O) groups excluding carboxylic acids is 1. The Morgan fingerprint density at radius 1 is 1.24 bits per heavy atom. The van der Waals surface area contributed by atoms with Gasteiger partial charge in [0, 0.05) is 53.9 Å². The van der Waals surface area contributed by atoms with Crippen LogP contribution in [0.2, 0.25) is 5.02 Å². The van der Waals surface area contributed by atoms with Crippen LogP contribution in [0.25, 0.3) is 22.0 Å². The third kappa shape index (κ3) is 4.50. The summed E-state index contributed by atoms with van der Waals surface area (Å²) in [5.41, 5.74) is 3.10. The summed E-state index contributed by atoms with van der Waals surface area (Å²) in [5, 5.41) is 0.909. The zero-order chi connectivity index (χ0) is 27.3. The molecule has 3 heterocycles. The standard InChI is InChI=1S/C28H30ClFN4O3S/c1-6-23(35)34-16(3)11-32(12-17(34)4)27-20-9-15(2)24(18-7-8-22(30)21(29)10-18)26-25(20)33(28(36)31-27)13-19(37-5)14-38-26/h6-10,16-17,19H,1,11-14H2,2-5H3/t16-,17+,19-/m0/s1. The monoisotopic (exact) mass is 556 g/mol. The van der Waals surface area contributed by atoms with Crippen LogP contribution in [0.3, 0.4) is 0 Å². The van der Waals surface area contributed by atoms with Gasteiger partial charge in [0.2, 0.25) is 5.91 Å². The number of aryl methyl sites for hydroxylation is 1. The predicted octanol–water partition coefficient (Wildman–Crippen LogP) is 4.90. The minimum absolute atomic E-state index is 0.0466. The molecule has 3 atom stereocenters. The largest absolute Gasteiger partial charge is 0.379 e. The van der Waals surface area contributed by atoms with E-state index in [1.165, 1.54) is 12.1 Å². The molecular formula is C28H30ClFN4O3S. The number of rotatable bonds is 4. The van der Waals surface area contributed by atoms with Crippen molar-refractivity contribution in [3.05, 3.63) is 63.8 Å². The zero-order valence-corrected chi connectivity index (χ0v) is 23.4. The molecule has 2 aliphatic heterocycles. The first-order valence-corrected chi connectivity index (χ1v) is 13.9. The lowest BCUT2D eigenvalue weighted by Gasteiger charge is -2.44. The molecule has 0 radical (unpaired) electrons. The van der Waals surface area contributed by atoms with Gasteiger partial charge in [0.05, 0.1) is 23.2 Å². The van der Waals surface area contributed by atoms with Crippen molar-refractivity contribution in [1.29, 1.82) is 0 Å². The van der Waals surface area contributed by atoms with Gasteiger partial charge >= 0.3 is 5.69 Å². The number of amides is 1. The molecule has 1 saturated heterocycles. The number of anilines is 1. The lowest BCUT2D eigenvalue weighted by atomic mass is 9.97. The van der Waals surface area contributed by atoms with Gasteiger partial charge < -0.3 is 14.5 Å². The van der Waals surface area contributed by atoms with E-state index in [2.05, 4.69) is 16.5 Å². The molecular weight excluding hydrogens is 527 g/mol. The molecule has 0 bridgehead atoms. The van der Waals surface area contributed by atoms with Crippen LogP contribution in [0, 0.1) is 12.7 Å². The molecule has 5 rings (SSSR count). The molecule has 7 nitrogen and oxygen atoms in total. The Hall–Kier alpha value is -2.88. The van der Waals surface area contributed by atoms with E-state index in [1.54, 1.807) is 35.6 Å². The summed E-state index contributed by atoms with van der Waals surface area (Å²) in [5.74, 6) is 0.665. The van der Waals surface area contributed by atoms with Gasteiger partial charge in [-0.3, -0.25) is 9.36 Å². The van der Waals surface area contributed by atoms with Crippen LogP contribution in [0.15, 0.2) is 46.6 Å². The number of benzene rings is 2. The normalized spacial score (nSPS) is 21.5. The highest BCUT2D eigenvalue weighted by Crippen LogP contribution is 2.44. The average molecular weight is 557 g/mol. The fraction of sp³-hybridized carbons (Fsp3) is 0.393. The molecule has 0 aliphatic carbocycles. The zero-order valence-electron chi connectivity index (χ0n) is 21.8. The molecule has 0 saturated carbocycles. The molecule has 0 N–H and O–H groups in total. The quantitative estimate of drug-likeness (QED) is 0.426. The van der Waals surface area contributed by atoms with Crippen LogP contribution in [0.5, 0.6) is 0 Å². The lowest BCUT2D eigenvalue weighted by molar-refractivity contribution is -0.130. The van der Waals surface area contributed by atoms with Gasteiger partial charge in [0.1, 0.15) is 11.6 Å². The lowest BCUT2D eigenvalue weighted by Crippen LogP contribution is -2.58. The molecule has 1 fully saturated rings. The van der Waals surface area contributed by atoms with Gasteiger partial charge in [-0.15, -0.1) is 11.8 Å². The number of halogens is 2.